The minimum Gasteiger partial charge on any atom is -0.368 e. The first kappa shape index (κ1) is 14.6. The predicted octanol–water partition coefficient (Wildman–Crippen LogP) is 1.73. The van der Waals surface area contributed by atoms with Crippen molar-refractivity contribution in [2.24, 2.45) is 0 Å². The summed E-state index contributed by atoms with van der Waals surface area (Å²) < 4.78 is 1.62. The molecule has 0 radical (unpaired) electrons. The van der Waals surface area contributed by atoms with E-state index >= 15 is 0 Å². The van der Waals surface area contributed by atoms with Crippen LogP contribution in [-0.4, -0.2) is 43.5 Å². The molecule has 7 heteroatoms. The molecule has 4 heterocycles. The van der Waals surface area contributed by atoms with E-state index in [1.807, 2.05) is 17.0 Å². The lowest BCUT2D eigenvalue weighted by Crippen LogP contribution is -2.39. The molecule has 1 atom stereocenters. The summed E-state index contributed by atoms with van der Waals surface area (Å²) in [6.07, 6.45) is 6.94. The minimum absolute atomic E-state index is 0.0421. The van der Waals surface area contributed by atoms with E-state index in [1.165, 1.54) is 0 Å². The summed E-state index contributed by atoms with van der Waals surface area (Å²) in [4.78, 5) is 23.0. The van der Waals surface area contributed by atoms with Crippen molar-refractivity contribution in [2.75, 3.05) is 18.8 Å². The van der Waals surface area contributed by atoms with E-state index in [4.69, 9.17) is 5.73 Å². The number of pyridine rings is 1. The topological polar surface area (TPSA) is 89.4 Å². The number of anilines is 1. The molecule has 1 amide bonds. The lowest BCUT2D eigenvalue weighted by Gasteiger charge is -2.32. The van der Waals surface area contributed by atoms with Crippen molar-refractivity contribution in [3.63, 3.8) is 0 Å². The van der Waals surface area contributed by atoms with Gasteiger partial charge < -0.3 is 10.6 Å². The first-order valence-corrected chi connectivity index (χ1v) is 8.02. The maximum Gasteiger partial charge on any atom is 0.253 e. The van der Waals surface area contributed by atoms with Crippen LogP contribution in [0.25, 0.3) is 5.52 Å². The van der Waals surface area contributed by atoms with Crippen LogP contribution < -0.4 is 5.73 Å². The van der Waals surface area contributed by atoms with E-state index in [2.05, 4.69) is 15.1 Å². The number of amides is 1. The van der Waals surface area contributed by atoms with Crippen LogP contribution >= 0.6 is 0 Å². The lowest BCUT2D eigenvalue weighted by molar-refractivity contribution is 0.0706. The number of carbonyl (C=O) groups is 1. The third-order valence-electron chi connectivity index (χ3n) is 4.48. The van der Waals surface area contributed by atoms with Crippen LogP contribution in [-0.2, 0) is 0 Å². The maximum atomic E-state index is 12.7. The predicted molar refractivity (Wildman–Crippen MR) is 89.5 cm³/mol. The highest BCUT2D eigenvalue weighted by molar-refractivity contribution is 5.94. The van der Waals surface area contributed by atoms with E-state index in [9.17, 15) is 4.79 Å². The highest BCUT2D eigenvalue weighted by Crippen LogP contribution is 2.28. The SMILES string of the molecule is Nc1nc(C2CCCN(C(=O)c3ccncc3)C2)cc2ccnn12. The molecule has 2 N–H and O–H groups in total. The number of rotatable bonds is 2. The molecule has 1 aliphatic rings. The number of hydrogen-bond donors (Lipinski definition) is 1. The second-order valence-corrected chi connectivity index (χ2v) is 6.03. The molecule has 1 fully saturated rings. The Balaban J connectivity index is 1.59. The Kier molecular flexibility index (Phi) is 3.60. The Morgan fingerprint density at radius 3 is 2.88 bits per heavy atom. The average molecular weight is 322 g/mol. The average Bonchev–Trinajstić information content (AvgIpc) is 3.11. The third-order valence-corrected chi connectivity index (χ3v) is 4.48. The molecule has 0 saturated carbocycles. The zero-order chi connectivity index (χ0) is 16.5. The van der Waals surface area contributed by atoms with E-state index in [-0.39, 0.29) is 11.8 Å². The van der Waals surface area contributed by atoms with E-state index in [1.54, 1.807) is 35.2 Å². The largest absolute Gasteiger partial charge is 0.368 e. The fourth-order valence-electron chi connectivity index (χ4n) is 3.27. The lowest BCUT2D eigenvalue weighted by atomic mass is 9.94. The highest BCUT2D eigenvalue weighted by atomic mass is 16.2. The smallest absolute Gasteiger partial charge is 0.253 e. The second-order valence-electron chi connectivity index (χ2n) is 6.03. The Hall–Kier alpha value is -2.96. The number of nitrogens with two attached hydrogens (primary N) is 1. The minimum atomic E-state index is 0.0421. The first-order valence-electron chi connectivity index (χ1n) is 8.02. The van der Waals surface area contributed by atoms with Crippen molar-refractivity contribution in [3.05, 3.63) is 54.1 Å². The molecule has 7 nitrogen and oxygen atoms in total. The Labute approximate surface area is 139 Å². The molecule has 24 heavy (non-hydrogen) atoms. The molecule has 0 aromatic carbocycles. The number of likely N-dealkylation sites (tertiary alicyclic amines) is 1. The summed E-state index contributed by atoms with van der Waals surface area (Å²) in [5.74, 6) is 0.609. The number of aromatic nitrogens is 4. The van der Waals surface area contributed by atoms with Gasteiger partial charge in [-0.2, -0.15) is 5.10 Å². The molecule has 122 valence electrons. The third kappa shape index (κ3) is 2.58. The first-order chi connectivity index (χ1) is 11.7. The van der Waals surface area contributed by atoms with Crippen LogP contribution in [0.1, 0.15) is 34.8 Å². The van der Waals surface area contributed by atoms with Crippen molar-refractivity contribution in [1.29, 1.82) is 0 Å². The van der Waals surface area contributed by atoms with Crippen LogP contribution in [0.2, 0.25) is 0 Å². The van der Waals surface area contributed by atoms with Crippen molar-refractivity contribution < 1.29 is 4.79 Å². The van der Waals surface area contributed by atoms with Crippen LogP contribution in [0.15, 0.2) is 42.9 Å². The molecule has 1 aliphatic heterocycles. The number of piperidine rings is 1. The number of nitrogens with zero attached hydrogens (tertiary/aromatic N) is 5. The zero-order valence-electron chi connectivity index (χ0n) is 13.2. The molecule has 3 aromatic rings. The highest BCUT2D eigenvalue weighted by Gasteiger charge is 2.26. The Bertz CT molecular complexity index is 875. The molecule has 3 aromatic heterocycles. The fourth-order valence-corrected chi connectivity index (χ4v) is 3.27. The van der Waals surface area contributed by atoms with Gasteiger partial charge in [0.25, 0.3) is 5.91 Å². The van der Waals surface area contributed by atoms with Gasteiger partial charge in [-0.15, -0.1) is 0 Å². The van der Waals surface area contributed by atoms with Gasteiger partial charge in [0, 0.05) is 37.0 Å². The van der Waals surface area contributed by atoms with Gasteiger partial charge in [0.1, 0.15) is 0 Å². The van der Waals surface area contributed by atoms with Crippen LogP contribution in [0.5, 0.6) is 0 Å². The molecule has 1 saturated heterocycles. The molecule has 0 aliphatic carbocycles. The number of carbonyl (C=O) groups excluding carboxylic acids is 1. The zero-order valence-corrected chi connectivity index (χ0v) is 13.2. The van der Waals surface area contributed by atoms with Gasteiger partial charge in [-0.25, -0.2) is 9.50 Å². The van der Waals surface area contributed by atoms with Crippen molar-refractivity contribution >= 4 is 17.4 Å². The van der Waals surface area contributed by atoms with Crippen molar-refractivity contribution in [1.82, 2.24) is 24.5 Å². The van der Waals surface area contributed by atoms with E-state index < -0.39 is 0 Å². The van der Waals surface area contributed by atoms with Crippen molar-refractivity contribution in [2.45, 2.75) is 18.8 Å². The quantitative estimate of drug-likeness (QED) is 0.776. The number of hydrogen-bond acceptors (Lipinski definition) is 5. The molecular weight excluding hydrogens is 304 g/mol. The summed E-state index contributed by atoms with van der Waals surface area (Å²) in [6, 6.07) is 7.42. The van der Waals surface area contributed by atoms with Crippen LogP contribution in [0.3, 0.4) is 0 Å². The molecule has 0 spiro atoms. The molecule has 0 bridgehead atoms. The monoisotopic (exact) mass is 322 g/mol. The van der Waals surface area contributed by atoms with Gasteiger partial charge in [0.15, 0.2) is 0 Å². The molecular formula is C17H18N6O. The Morgan fingerprint density at radius 2 is 2.04 bits per heavy atom. The Morgan fingerprint density at radius 1 is 1.21 bits per heavy atom. The maximum absolute atomic E-state index is 12.7. The molecule has 1 unspecified atom stereocenters. The standard InChI is InChI=1S/C17H18N6O/c18-17-21-15(10-14-5-8-20-23(14)17)13-2-1-9-22(11-13)16(24)12-3-6-19-7-4-12/h3-8,10,13H,1-2,9,11H2,(H2,18,21). The summed E-state index contributed by atoms with van der Waals surface area (Å²) in [6.45, 7) is 1.42. The van der Waals surface area contributed by atoms with Gasteiger partial charge in [-0.1, -0.05) is 0 Å². The fraction of sp³-hybridized carbons (Fsp3) is 0.294. The normalized spacial score (nSPS) is 18.0. The van der Waals surface area contributed by atoms with E-state index in [0.29, 0.717) is 18.1 Å². The summed E-state index contributed by atoms with van der Waals surface area (Å²) in [5, 5.41) is 4.15. The van der Waals surface area contributed by atoms with Crippen LogP contribution in [0.4, 0.5) is 5.95 Å². The summed E-state index contributed by atoms with van der Waals surface area (Å²) in [5.41, 5.74) is 8.52. The van der Waals surface area contributed by atoms with Gasteiger partial charge in [-0.3, -0.25) is 9.78 Å². The van der Waals surface area contributed by atoms with Gasteiger partial charge in [-0.05, 0) is 37.1 Å². The van der Waals surface area contributed by atoms with Gasteiger partial charge >= 0.3 is 0 Å². The van der Waals surface area contributed by atoms with Crippen molar-refractivity contribution in [3.8, 4) is 0 Å². The molecule has 4 rings (SSSR count). The summed E-state index contributed by atoms with van der Waals surface area (Å²) >= 11 is 0. The van der Waals surface area contributed by atoms with Gasteiger partial charge in [0.2, 0.25) is 5.95 Å². The number of nitrogen functional groups attached to an aromatic ring is 1. The number of fused-ring (bicyclic) bond motifs is 1. The second kappa shape index (κ2) is 5.92. The summed E-state index contributed by atoms with van der Waals surface area (Å²) in [7, 11) is 0. The van der Waals surface area contributed by atoms with Gasteiger partial charge in [0.05, 0.1) is 17.4 Å². The van der Waals surface area contributed by atoms with Crippen LogP contribution in [0, 0.1) is 0 Å². The van der Waals surface area contributed by atoms with E-state index in [0.717, 1.165) is 30.6 Å².